The van der Waals surface area contributed by atoms with Crippen molar-refractivity contribution >= 4 is 5.97 Å². The third kappa shape index (κ3) is 6.39. The number of rotatable bonds is 7. The van der Waals surface area contributed by atoms with Crippen molar-refractivity contribution < 1.29 is 9.53 Å². The third-order valence-corrected chi connectivity index (χ3v) is 3.94. The summed E-state index contributed by atoms with van der Waals surface area (Å²) in [5, 5.41) is 3.33. The summed E-state index contributed by atoms with van der Waals surface area (Å²) in [6.07, 6.45) is 10.1. The number of hydrogen-bond acceptors (Lipinski definition) is 3. The molecule has 1 aliphatic carbocycles. The molecule has 3 nitrogen and oxygen atoms in total. The first kappa shape index (κ1) is 15.5. The van der Waals surface area contributed by atoms with Gasteiger partial charge in [-0.05, 0) is 32.1 Å². The van der Waals surface area contributed by atoms with E-state index in [0.717, 1.165) is 18.8 Å². The molecule has 0 aromatic rings. The van der Waals surface area contributed by atoms with E-state index in [1.807, 2.05) is 0 Å². The number of unbranched alkanes of at least 4 members (excludes halogenated alkanes) is 1. The predicted octanol–water partition coefficient (Wildman–Crippen LogP) is 3.28. The van der Waals surface area contributed by atoms with Gasteiger partial charge in [0, 0.05) is 6.04 Å². The molecule has 1 rings (SSSR count). The number of carbonyl (C=O) groups excluding carboxylic acids is 1. The topological polar surface area (TPSA) is 38.3 Å². The number of ether oxygens (including phenoxy) is 1. The Morgan fingerprint density at radius 2 is 1.94 bits per heavy atom. The summed E-state index contributed by atoms with van der Waals surface area (Å²) < 4.78 is 5.14. The van der Waals surface area contributed by atoms with Crippen LogP contribution in [0.3, 0.4) is 0 Å². The van der Waals surface area contributed by atoms with Crippen LogP contribution in [0.2, 0.25) is 0 Å². The second-order valence-corrected chi connectivity index (χ2v) is 5.50. The zero-order valence-corrected chi connectivity index (χ0v) is 12.0. The van der Waals surface area contributed by atoms with E-state index in [1.54, 1.807) is 0 Å². The van der Waals surface area contributed by atoms with Crippen molar-refractivity contribution in [2.75, 3.05) is 13.2 Å². The van der Waals surface area contributed by atoms with E-state index in [0.29, 0.717) is 19.2 Å². The van der Waals surface area contributed by atoms with Gasteiger partial charge in [-0.2, -0.15) is 0 Å². The van der Waals surface area contributed by atoms with Gasteiger partial charge in [-0.1, -0.05) is 39.0 Å². The van der Waals surface area contributed by atoms with Gasteiger partial charge >= 0.3 is 5.97 Å². The Morgan fingerprint density at radius 1 is 1.28 bits per heavy atom. The van der Waals surface area contributed by atoms with Crippen LogP contribution in [0, 0.1) is 5.92 Å². The molecule has 0 aromatic heterocycles. The molecule has 0 heterocycles. The highest BCUT2D eigenvalue weighted by Gasteiger charge is 2.19. The first-order valence-corrected chi connectivity index (χ1v) is 7.63. The maximum Gasteiger partial charge on any atom is 0.319 e. The van der Waals surface area contributed by atoms with E-state index in [1.165, 1.54) is 38.5 Å². The van der Waals surface area contributed by atoms with E-state index in [9.17, 15) is 4.79 Å². The summed E-state index contributed by atoms with van der Waals surface area (Å²) in [5.41, 5.74) is 0. The van der Waals surface area contributed by atoms with E-state index >= 15 is 0 Å². The molecule has 106 valence electrons. The van der Waals surface area contributed by atoms with Crippen LogP contribution in [0.4, 0.5) is 0 Å². The lowest BCUT2D eigenvalue weighted by molar-refractivity contribution is -0.142. The minimum Gasteiger partial charge on any atom is -0.465 e. The molecule has 0 amide bonds. The summed E-state index contributed by atoms with van der Waals surface area (Å²) in [7, 11) is 0. The van der Waals surface area contributed by atoms with Crippen LogP contribution in [0.1, 0.15) is 65.2 Å². The third-order valence-electron chi connectivity index (χ3n) is 3.94. The van der Waals surface area contributed by atoms with Crippen molar-refractivity contribution in [1.29, 1.82) is 0 Å². The van der Waals surface area contributed by atoms with Crippen LogP contribution in [0.15, 0.2) is 0 Å². The lowest BCUT2D eigenvalue weighted by atomic mass is 9.93. The Kier molecular flexibility index (Phi) is 8.06. The smallest absolute Gasteiger partial charge is 0.319 e. The van der Waals surface area contributed by atoms with Crippen molar-refractivity contribution in [3.05, 3.63) is 0 Å². The van der Waals surface area contributed by atoms with Crippen molar-refractivity contribution in [3.63, 3.8) is 0 Å². The molecule has 0 aromatic carbocycles. The van der Waals surface area contributed by atoms with Gasteiger partial charge in [-0.15, -0.1) is 0 Å². The molecular formula is C15H29NO2. The molecule has 0 saturated heterocycles. The van der Waals surface area contributed by atoms with Crippen molar-refractivity contribution in [2.45, 2.75) is 71.3 Å². The van der Waals surface area contributed by atoms with Crippen LogP contribution < -0.4 is 5.32 Å². The van der Waals surface area contributed by atoms with Crippen molar-refractivity contribution in [2.24, 2.45) is 5.92 Å². The molecule has 1 fully saturated rings. The molecule has 1 atom stereocenters. The van der Waals surface area contributed by atoms with Gasteiger partial charge < -0.3 is 10.1 Å². The number of esters is 1. The highest BCUT2D eigenvalue weighted by molar-refractivity contribution is 5.71. The fourth-order valence-corrected chi connectivity index (χ4v) is 2.60. The molecule has 18 heavy (non-hydrogen) atoms. The molecule has 3 heteroatoms. The molecule has 0 spiro atoms. The van der Waals surface area contributed by atoms with Gasteiger partial charge in [0.25, 0.3) is 0 Å². The molecule has 1 N–H and O–H groups in total. The minimum atomic E-state index is -0.107. The zero-order valence-electron chi connectivity index (χ0n) is 12.0. The van der Waals surface area contributed by atoms with Crippen LogP contribution in [-0.2, 0) is 9.53 Å². The molecule has 1 aliphatic rings. The maximum atomic E-state index is 11.5. The molecule has 0 radical (unpaired) electrons. The van der Waals surface area contributed by atoms with Crippen LogP contribution in [-0.4, -0.2) is 25.2 Å². The van der Waals surface area contributed by atoms with Crippen LogP contribution in [0.5, 0.6) is 0 Å². The average Bonchev–Trinajstić information content (AvgIpc) is 2.65. The van der Waals surface area contributed by atoms with Crippen molar-refractivity contribution in [3.8, 4) is 0 Å². The second kappa shape index (κ2) is 9.37. The Bertz CT molecular complexity index is 223. The van der Waals surface area contributed by atoms with E-state index in [2.05, 4.69) is 19.2 Å². The Morgan fingerprint density at radius 3 is 2.56 bits per heavy atom. The zero-order chi connectivity index (χ0) is 13.2. The summed E-state index contributed by atoms with van der Waals surface area (Å²) in [5.74, 6) is 0.625. The standard InChI is InChI=1S/C15H29NO2/c1-3-4-11-18-15(17)12-16-13(2)14-9-7-5-6-8-10-14/h13-14,16H,3-12H2,1-2H3/t13-/m1/s1. The summed E-state index contributed by atoms with van der Waals surface area (Å²) in [6.45, 7) is 5.23. The lowest BCUT2D eigenvalue weighted by Crippen LogP contribution is -2.37. The van der Waals surface area contributed by atoms with E-state index in [-0.39, 0.29) is 5.97 Å². The highest BCUT2D eigenvalue weighted by atomic mass is 16.5. The number of nitrogens with one attached hydrogen (secondary N) is 1. The summed E-state index contributed by atoms with van der Waals surface area (Å²) >= 11 is 0. The second-order valence-electron chi connectivity index (χ2n) is 5.50. The summed E-state index contributed by atoms with van der Waals surface area (Å²) in [6, 6.07) is 0.432. The quantitative estimate of drug-likeness (QED) is 0.431. The van der Waals surface area contributed by atoms with E-state index in [4.69, 9.17) is 4.74 Å². The van der Waals surface area contributed by atoms with Gasteiger partial charge in [-0.3, -0.25) is 4.79 Å². The van der Waals surface area contributed by atoms with Gasteiger partial charge in [-0.25, -0.2) is 0 Å². The fourth-order valence-electron chi connectivity index (χ4n) is 2.60. The van der Waals surface area contributed by atoms with Crippen LogP contribution in [0.25, 0.3) is 0 Å². The minimum absolute atomic E-state index is 0.107. The Balaban J connectivity index is 2.14. The SMILES string of the molecule is CCCCOC(=O)CN[C@H](C)C1CCCCCC1. The average molecular weight is 255 g/mol. The van der Waals surface area contributed by atoms with Gasteiger partial charge in [0.15, 0.2) is 0 Å². The van der Waals surface area contributed by atoms with Gasteiger partial charge in [0.2, 0.25) is 0 Å². The number of hydrogen-bond donors (Lipinski definition) is 1. The predicted molar refractivity (Wildman–Crippen MR) is 74.5 cm³/mol. The van der Waals surface area contributed by atoms with Crippen LogP contribution >= 0.6 is 0 Å². The van der Waals surface area contributed by atoms with Crippen molar-refractivity contribution in [1.82, 2.24) is 5.32 Å². The molecule has 1 saturated carbocycles. The highest BCUT2D eigenvalue weighted by Crippen LogP contribution is 2.25. The normalized spacial score (nSPS) is 19.2. The maximum absolute atomic E-state index is 11.5. The fraction of sp³-hybridized carbons (Fsp3) is 0.933. The first-order valence-electron chi connectivity index (χ1n) is 7.63. The summed E-state index contributed by atoms with van der Waals surface area (Å²) in [4.78, 5) is 11.5. The van der Waals surface area contributed by atoms with E-state index < -0.39 is 0 Å². The monoisotopic (exact) mass is 255 g/mol. The van der Waals surface area contributed by atoms with Gasteiger partial charge in [0.1, 0.15) is 0 Å². The molecule has 0 aliphatic heterocycles. The first-order chi connectivity index (χ1) is 8.74. The molecular weight excluding hydrogens is 226 g/mol. The Hall–Kier alpha value is -0.570. The lowest BCUT2D eigenvalue weighted by Gasteiger charge is -2.23. The number of carbonyl (C=O) groups is 1. The molecule has 0 bridgehead atoms. The Labute approximate surface area is 112 Å². The van der Waals surface area contributed by atoms with Gasteiger partial charge in [0.05, 0.1) is 13.2 Å². The molecule has 0 unspecified atom stereocenters. The largest absolute Gasteiger partial charge is 0.465 e.